The van der Waals surface area contributed by atoms with Crippen LogP contribution >= 0.6 is 0 Å². The molecule has 2 rings (SSSR count). The second kappa shape index (κ2) is 6.44. The second-order valence-electron chi connectivity index (χ2n) is 5.68. The molecular formula is C15H27N. The van der Waals surface area contributed by atoms with Gasteiger partial charge in [0.05, 0.1) is 0 Å². The van der Waals surface area contributed by atoms with E-state index in [1.54, 1.807) is 0 Å². The highest BCUT2D eigenvalue weighted by Gasteiger charge is 2.26. The van der Waals surface area contributed by atoms with E-state index in [9.17, 15) is 0 Å². The van der Waals surface area contributed by atoms with Crippen LogP contribution in [0.1, 0.15) is 64.2 Å². The number of rotatable bonds is 4. The molecule has 0 aromatic heterocycles. The van der Waals surface area contributed by atoms with Crippen molar-refractivity contribution in [3.8, 4) is 0 Å². The first-order chi connectivity index (χ1) is 7.90. The van der Waals surface area contributed by atoms with Gasteiger partial charge in [0.2, 0.25) is 0 Å². The zero-order valence-corrected chi connectivity index (χ0v) is 10.6. The molecule has 0 radical (unpaired) electrons. The predicted molar refractivity (Wildman–Crippen MR) is 70.6 cm³/mol. The van der Waals surface area contributed by atoms with Gasteiger partial charge in [0.1, 0.15) is 0 Å². The number of hydrogen-bond donors (Lipinski definition) is 1. The van der Waals surface area contributed by atoms with Crippen LogP contribution in [0.4, 0.5) is 0 Å². The first-order valence-electron chi connectivity index (χ1n) is 7.27. The van der Waals surface area contributed by atoms with E-state index in [-0.39, 0.29) is 0 Å². The van der Waals surface area contributed by atoms with Gasteiger partial charge >= 0.3 is 0 Å². The van der Waals surface area contributed by atoms with Gasteiger partial charge in [-0.2, -0.15) is 0 Å². The van der Waals surface area contributed by atoms with Gasteiger partial charge in [-0.1, -0.05) is 38.2 Å². The minimum Gasteiger partial charge on any atom is -0.311 e. The average molecular weight is 221 g/mol. The van der Waals surface area contributed by atoms with E-state index in [1.807, 2.05) is 0 Å². The lowest BCUT2D eigenvalue weighted by Gasteiger charge is -2.36. The molecule has 0 saturated heterocycles. The molecule has 0 aromatic carbocycles. The van der Waals surface area contributed by atoms with E-state index < -0.39 is 0 Å². The van der Waals surface area contributed by atoms with Crippen molar-refractivity contribution in [3.05, 3.63) is 12.7 Å². The molecule has 0 aliphatic heterocycles. The van der Waals surface area contributed by atoms with Crippen LogP contribution in [0.15, 0.2) is 12.7 Å². The molecule has 2 saturated carbocycles. The Bertz CT molecular complexity index is 205. The van der Waals surface area contributed by atoms with Crippen LogP contribution in [0.3, 0.4) is 0 Å². The molecule has 2 aliphatic rings. The Kier molecular flexibility index (Phi) is 4.90. The SMILES string of the molecule is C=CC[C@H]1CCCC[C@@H]1NC1CCCCC1. The maximum absolute atomic E-state index is 3.94. The Morgan fingerprint density at radius 2 is 1.62 bits per heavy atom. The third-order valence-corrected chi connectivity index (χ3v) is 4.43. The van der Waals surface area contributed by atoms with Crippen molar-refractivity contribution in [1.82, 2.24) is 5.32 Å². The number of hydrogen-bond acceptors (Lipinski definition) is 1. The van der Waals surface area contributed by atoms with Gasteiger partial charge in [-0.25, -0.2) is 0 Å². The van der Waals surface area contributed by atoms with Crippen molar-refractivity contribution in [2.75, 3.05) is 0 Å². The lowest BCUT2D eigenvalue weighted by molar-refractivity contribution is 0.223. The molecule has 2 fully saturated rings. The Hall–Kier alpha value is -0.300. The number of nitrogens with one attached hydrogen (secondary N) is 1. The van der Waals surface area contributed by atoms with Gasteiger partial charge in [0, 0.05) is 12.1 Å². The molecule has 1 nitrogen and oxygen atoms in total. The van der Waals surface area contributed by atoms with Crippen LogP contribution in [-0.2, 0) is 0 Å². The maximum Gasteiger partial charge on any atom is 0.0101 e. The fourth-order valence-corrected chi connectivity index (χ4v) is 3.50. The molecular weight excluding hydrogens is 194 g/mol. The quantitative estimate of drug-likeness (QED) is 0.706. The molecule has 92 valence electrons. The van der Waals surface area contributed by atoms with E-state index in [0.717, 1.165) is 18.0 Å². The normalized spacial score (nSPS) is 32.5. The molecule has 0 unspecified atom stereocenters. The Morgan fingerprint density at radius 1 is 0.938 bits per heavy atom. The van der Waals surface area contributed by atoms with Crippen LogP contribution in [0.2, 0.25) is 0 Å². The third kappa shape index (κ3) is 3.35. The fourth-order valence-electron chi connectivity index (χ4n) is 3.50. The van der Waals surface area contributed by atoms with Gasteiger partial charge < -0.3 is 5.32 Å². The van der Waals surface area contributed by atoms with Crippen LogP contribution in [-0.4, -0.2) is 12.1 Å². The van der Waals surface area contributed by atoms with Gasteiger partial charge in [-0.15, -0.1) is 6.58 Å². The van der Waals surface area contributed by atoms with Crippen molar-refractivity contribution in [1.29, 1.82) is 0 Å². The summed E-state index contributed by atoms with van der Waals surface area (Å²) in [5.74, 6) is 0.869. The standard InChI is InChI=1S/C15H27N/c1-2-8-13-9-6-7-12-15(13)16-14-10-4-3-5-11-14/h2,13-16H,1,3-12H2/t13-,15-/m0/s1. The molecule has 2 atom stereocenters. The summed E-state index contributed by atoms with van der Waals surface area (Å²) in [5, 5.41) is 3.94. The smallest absolute Gasteiger partial charge is 0.0101 e. The minimum atomic E-state index is 0.787. The Morgan fingerprint density at radius 3 is 2.38 bits per heavy atom. The lowest BCUT2D eigenvalue weighted by Crippen LogP contribution is -2.45. The molecule has 0 spiro atoms. The summed E-state index contributed by atoms with van der Waals surface area (Å²) in [6.45, 7) is 3.91. The van der Waals surface area contributed by atoms with Crippen molar-refractivity contribution < 1.29 is 0 Å². The first-order valence-corrected chi connectivity index (χ1v) is 7.27. The van der Waals surface area contributed by atoms with Gasteiger partial charge in [0.15, 0.2) is 0 Å². The highest BCUT2D eigenvalue weighted by atomic mass is 15.0. The van der Waals surface area contributed by atoms with Crippen LogP contribution in [0.25, 0.3) is 0 Å². The summed E-state index contributed by atoms with van der Waals surface area (Å²) >= 11 is 0. The first kappa shape index (κ1) is 12.2. The molecule has 0 heterocycles. The van der Waals surface area contributed by atoms with Crippen LogP contribution in [0.5, 0.6) is 0 Å². The minimum absolute atomic E-state index is 0.787. The summed E-state index contributed by atoms with van der Waals surface area (Å²) in [7, 11) is 0. The summed E-state index contributed by atoms with van der Waals surface area (Å²) < 4.78 is 0. The van der Waals surface area contributed by atoms with Gasteiger partial charge in [-0.3, -0.25) is 0 Å². The molecule has 0 aromatic rings. The summed E-state index contributed by atoms with van der Waals surface area (Å²) in [6.07, 6.45) is 16.2. The van der Waals surface area contributed by atoms with Crippen LogP contribution < -0.4 is 5.32 Å². The van der Waals surface area contributed by atoms with Gasteiger partial charge in [-0.05, 0) is 38.0 Å². The van der Waals surface area contributed by atoms with E-state index in [0.29, 0.717) is 0 Å². The molecule has 1 N–H and O–H groups in total. The second-order valence-corrected chi connectivity index (χ2v) is 5.68. The van der Waals surface area contributed by atoms with E-state index in [2.05, 4.69) is 18.0 Å². The van der Waals surface area contributed by atoms with Crippen molar-refractivity contribution >= 4 is 0 Å². The van der Waals surface area contributed by atoms with E-state index in [4.69, 9.17) is 0 Å². The summed E-state index contributed by atoms with van der Waals surface area (Å²) in [6, 6.07) is 1.61. The zero-order valence-electron chi connectivity index (χ0n) is 10.6. The van der Waals surface area contributed by atoms with Crippen LogP contribution in [0, 0.1) is 5.92 Å². The Balaban J connectivity index is 1.82. The predicted octanol–water partition coefficient (Wildman–Crippen LogP) is 4.04. The van der Waals surface area contributed by atoms with Crippen molar-refractivity contribution in [3.63, 3.8) is 0 Å². The average Bonchev–Trinajstić information content (AvgIpc) is 2.33. The van der Waals surface area contributed by atoms with E-state index >= 15 is 0 Å². The summed E-state index contributed by atoms with van der Waals surface area (Å²) in [4.78, 5) is 0. The third-order valence-electron chi connectivity index (χ3n) is 4.43. The zero-order chi connectivity index (χ0) is 11.2. The molecule has 2 aliphatic carbocycles. The lowest BCUT2D eigenvalue weighted by atomic mass is 9.81. The topological polar surface area (TPSA) is 12.0 Å². The molecule has 0 amide bonds. The molecule has 0 bridgehead atoms. The molecule has 16 heavy (non-hydrogen) atoms. The van der Waals surface area contributed by atoms with Gasteiger partial charge in [0.25, 0.3) is 0 Å². The highest BCUT2D eigenvalue weighted by molar-refractivity contribution is 4.88. The van der Waals surface area contributed by atoms with E-state index in [1.165, 1.54) is 64.2 Å². The van der Waals surface area contributed by atoms with Crippen molar-refractivity contribution in [2.24, 2.45) is 5.92 Å². The molecule has 1 heteroatoms. The highest BCUT2D eigenvalue weighted by Crippen LogP contribution is 2.29. The van der Waals surface area contributed by atoms with Crippen molar-refractivity contribution in [2.45, 2.75) is 76.3 Å². The monoisotopic (exact) mass is 221 g/mol. The summed E-state index contributed by atoms with van der Waals surface area (Å²) in [5.41, 5.74) is 0. The largest absolute Gasteiger partial charge is 0.311 e. The number of allylic oxidation sites excluding steroid dienone is 1. The Labute approximate surface area is 101 Å². The fraction of sp³-hybridized carbons (Fsp3) is 0.867. The maximum atomic E-state index is 3.94.